The monoisotopic (exact) mass is 217 g/mol. The van der Waals surface area contributed by atoms with Gasteiger partial charge in [0.05, 0.1) is 12.4 Å². The summed E-state index contributed by atoms with van der Waals surface area (Å²) in [6.07, 6.45) is 3.52. The molecule has 16 heavy (non-hydrogen) atoms. The highest BCUT2D eigenvalue weighted by Crippen LogP contribution is 2.25. The second kappa shape index (κ2) is 4.37. The third-order valence-corrected chi connectivity index (χ3v) is 2.38. The summed E-state index contributed by atoms with van der Waals surface area (Å²) in [7, 11) is 1.86. The summed E-state index contributed by atoms with van der Waals surface area (Å²) in [4.78, 5) is 0. The Balaban J connectivity index is 2.21. The summed E-state index contributed by atoms with van der Waals surface area (Å²) in [5, 5.41) is 4.05. The van der Waals surface area contributed by atoms with Crippen molar-refractivity contribution in [1.82, 2.24) is 9.78 Å². The fraction of sp³-hybridized carbons (Fsp3) is 0.250. The molecule has 0 aliphatic rings. The van der Waals surface area contributed by atoms with E-state index in [0.717, 1.165) is 22.6 Å². The first-order valence-electron chi connectivity index (χ1n) is 5.15. The minimum Gasteiger partial charge on any atom is -0.454 e. The lowest BCUT2D eigenvalue weighted by Gasteiger charge is -2.07. The molecule has 2 N–H and O–H groups in total. The Kier molecular flexibility index (Phi) is 2.92. The fourth-order valence-electron chi connectivity index (χ4n) is 1.53. The number of nitrogens with two attached hydrogens (primary N) is 1. The van der Waals surface area contributed by atoms with Crippen LogP contribution < -0.4 is 10.5 Å². The van der Waals surface area contributed by atoms with Crippen LogP contribution in [0.25, 0.3) is 0 Å². The van der Waals surface area contributed by atoms with E-state index in [0.29, 0.717) is 6.54 Å². The third kappa shape index (κ3) is 2.23. The molecule has 0 atom stereocenters. The zero-order valence-corrected chi connectivity index (χ0v) is 9.47. The topological polar surface area (TPSA) is 53.1 Å². The van der Waals surface area contributed by atoms with Crippen LogP contribution in [0.4, 0.5) is 0 Å². The van der Waals surface area contributed by atoms with Crippen LogP contribution in [0.2, 0.25) is 0 Å². The molecule has 1 aromatic carbocycles. The van der Waals surface area contributed by atoms with Gasteiger partial charge in [0, 0.05) is 13.6 Å². The molecular weight excluding hydrogens is 202 g/mol. The molecular formula is C12H15N3O. The molecule has 0 saturated heterocycles. The first kappa shape index (κ1) is 10.7. The summed E-state index contributed by atoms with van der Waals surface area (Å²) < 4.78 is 7.41. The quantitative estimate of drug-likeness (QED) is 0.855. The highest BCUT2D eigenvalue weighted by molar-refractivity contribution is 5.38. The van der Waals surface area contributed by atoms with E-state index in [4.69, 9.17) is 10.5 Å². The lowest BCUT2D eigenvalue weighted by atomic mass is 10.1. The van der Waals surface area contributed by atoms with E-state index in [-0.39, 0.29) is 0 Å². The molecule has 0 bridgehead atoms. The van der Waals surface area contributed by atoms with E-state index >= 15 is 0 Å². The number of aromatic nitrogens is 2. The number of nitrogens with zero attached hydrogens (tertiary/aromatic N) is 2. The molecule has 2 rings (SSSR count). The molecule has 0 radical (unpaired) electrons. The van der Waals surface area contributed by atoms with Crippen LogP contribution in [0.5, 0.6) is 11.5 Å². The van der Waals surface area contributed by atoms with Crippen LogP contribution >= 0.6 is 0 Å². The Hall–Kier alpha value is -1.81. The highest BCUT2D eigenvalue weighted by Gasteiger charge is 2.03. The van der Waals surface area contributed by atoms with Gasteiger partial charge in [-0.05, 0) is 24.1 Å². The lowest BCUT2D eigenvalue weighted by Crippen LogP contribution is -1.97. The van der Waals surface area contributed by atoms with Gasteiger partial charge in [-0.15, -0.1) is 0 Å². The number of aryl methyl sites for hydroxylation is 2. The normalized spacial score (nSPS) is 10.4. The van der Waals surface area contributed by atoms with Crippen molar-refractivity contribution < 1.29 is 4.74 Å². The minimum absolute atomic E-state index is 0.550. The van der Waals surface area contributed by atoms with Crippen LogP contribution in [0.15, 0.2) is 30.6 Å². The van der Waals surface area contributed by atoms with Gasteiger partial charge < -0.3 is 10.5 Å². The summed E-state index contributed by atoms with van der Waals surface area (Å²) in [5.74, 6) is 1.58. The van der Waals surface area contributed by atoms with Crippen molar-refractivity contribution in [3.63, 3.8) is 0 Å². The predicted molar refractivity (Wildman–Crippen MR) is 62.4 cm³/mol. The van der Waals surface area contributed by atoms with Gasteiger partial charge in [-0.25, -0.2) is 0 Å². The molecule has 1 heterocycles. The standard InChI is InChI=1S/C12H15N3O/c1-9-5-10(6-13)3-4-12(9)16-11-7-14-15(2)8-11/h3-5,7-8H,6,13H2,1-2H3. The predicted octanol–water partition coefficient (Wildman–Crippen LogP) is 1.98. The minimum atomic E-state index is 0.550. The van der Waals surface area contributed by atoms with E-state index in [9.17, 15) is 0 Å². The van der Waals surface area contributed by atoms with Gasteiger partial charge in [-0.3, -0.25) is 4.68 Å². The Morgan fingerprint density at radius 3 is 2.81 bits per heavy atom. The van der Waals surface area contributed by atoms with Gasteiger partial charge in [-0.2, -0.15) is 5.10 Å². The van der Waals surface area contributed by atoms with Gasteiger partial charge in [0.15, 0.2) is 5.75 Å². The Morgan fingerprint density at radius 1 is 1.44 bits per heavy atom. The van der Waals surface area contributed by atoms with Crippen LogP contribution in [-0.2, 0) is 13.6 Å². The average Bonchev–Trinajstić information content (AvgIpc) is 2.67. The Bertz CT molecular complexity index is 491. The number of ether oxygens (including phenoxy) is 1. The van der Waals surface area contributed by atoms with Crippen molar-refractivity contribution in [3.05, 3.63) is 41.7 Å². The maximum atomic E-state index is 5.71. The molecule has 0 amide bonds. The largest absolute Gasteiger partial charge is 0.454 e. The molecule has 0 spiro atoms. The lowest BCUT2D eigenvalue weighted by molar-refractivity contribution is 0.478. The highest BCUT2D eigenvalue weighted by atomic mass is 16.5. The van der Waals surface area contributed by atoms with Crippen molar-refractivity contribution in [2.75, 3.05) is 0 Å². The van der Waals surface area contributed by atoms with Gasteiger partial charge in [0.1, 0.15) is 5.75 Å². The van der Waals surface area contributed by atoms with Gasteiger partial charge in [0.25, 0.3) is 0 Å². The zero-order valence-electron chi connectivity index (χ0n) is 9.47. The number of rotatable bonds is 3. The molecule has 4 heteroatoms. The summed E-state index contributed by atoms with van der Waals surface area (Å²) in [6.45, 7) is 2.55. The van der Waals surface area contributed by atoms with Crippen LogP contribution in [0.1, 0.15) is 11.1 Å². The maximum Gasteiger partial charge on any atom is 0.165 e. The summed E-state index contributed by atoms with van der Waals surface area (Å²) in [5.41, 5.74) is 7.75. The van der Waals surface area contributed by atoms with Gasteiger partial charge in [-0.1, -0.05) is 12.1 Å². The molecule has 0 fully saturated rings. The van der Waals surface area contributed by atoms with E-state index in [1.165, 1.54) is 0 Å². The summed E-state index contributed by atoms with van der Waals surface area (Å²) in [6, 6.07) is 5.94. The van der Waals surface area contributed by atoms with Gasteiger partial charge >= 0.3 is 0 Å². The second-order valence-electron chi connectivity index (χ2n) is 3.76. The SMILES string of the molecule is Cc1cc(CN)ccc1Oc1cnn(C)c1. The fourth-order valence-corrected chi connectivity index (χ4v) is 1.53. The smallest absolute Gasteiger partial charge is 0.165 e. The molecule has 1 aromatic heterocycles. The van der Waals surface area contributed by atoms with Gasteiger partial charge in [0.2, 0.25) is 0 Å². The van der Waals surface area contributed by atoms with Crippen LogP contribution in [0, 0.1) is 6.92 Å². The first-order valence-corrected chi connectivity index (χ1v) is 5.15. The third-order valence-electron chi connectivity index (χ3n) is 2.38. The van der Waals surface area contributed by atoms with E-state index in [1.54, 1.807) is 10.9 Å². The number of benzene rings is 1. The Morgan fingerprint density at radius 2 is 2.25 bits per heavy atom. The molecule has 2 aromatic rings. The van der Waals surface area contributed by atoms with Crippen LogP contribution in [-0.4, -0.2) is 9.78 Å². The molecule has 4 nitrogen and oxygen atoms in total. The molecule has 84 valence electrons. The maximum absolute atomic E-state index is 5.71. The molecule has 0 unspecified atom stereocenters. The van der Waals surface area contributed by atoms with E-state index in [2.05, 4.69) is 5.10 Å². The molecule has 0 aliphatic heterocycles. The molecule has 0 aliphatic carbocycles. The number of hydrogen-bond donors (Lipinski definition) is 1. The van der Waals surface area contributed by atoms with E-state index in [1.807, 2.05) is 38.4 Å². The van der Waals surface area contributed by atoms with Crippen LogP contribution in [0.3, 0.4) is 0 Å². The van der Waals surface area contributed by atoms with E-state index < -0.39 is 0 Å². The first-order chi connectivity index (χ1) is 7.69. The zero-order chi connectivity index (χ0) is 11.5. The van der Waals surface area contributed by atoms with Crippen molar-refractivity contribution >= 4 is 0 Å². The van der Waals surface area contributed by atoms with Crippen molar-refractivity contribution in [1.29, 1.82) is 0 Å². The second-order valence-corrected chi connectivity index (χ2v) is 3.76. The Labute approximate surface area is 94.6 Å². The number of hydrogen-bond acceptors (Lipinski definition) is 3. The summed E-state index contributed by atoms with van der Waals surface area (Å²) >= 11 is 0. The molecule has 0 saturated carbocycles. The van der Waals surface area contributed by atoms with Crippen molar-refractivity contribution in [3.8, 4) is 11.5 Å². The van der Waals surface area contributed by atoms with Crippen molar-refractivity contribution in [2.24, 2.45) is 12.8 Å². The van der Waals surface area contributed by atoms with Crippen molar-refractivity contribution in [2.45, 2.75) is 13.5 Å². The average molecular weight is 217 g/mol.